The Morgan fingerprint density at radius 3 is 2.95 bits per heavy atom. The van der Waals surface area contributed by atoms with Crippen molar-refractivity contribution in [1.82, 2.24) is 10.2 Å². The minimum atomic E-state index is 0.325. The normalized spacial score (nSPS) is 16.2. The number of anilines is 1. The molecule has 0 spiro atoms. The summed E-state index contributed by atoms with van der Waals surface area (Å²) in [5.41, 5.74) is 6.35. The molecular weight excluding hydrogens is 260 g/mol. The second kappa shape index (κ2) is 7.35. The van der Waals surface area contributed by atoms with Gasteiger partial charge in [0.25, 0.3) is 0 Å². The van der Waals surface area contributed by atoms with E-state index in [0.717, 1.165) is 5.56 Å². The Morgan fingerprint density at radius 2 is 2.21 bits per heavy atom. The van der Waals surface area contributed by atoms with E-state index in [1.165, 1.54) is 32.1 Å². The van der Waals surface area contributed by atoms with Crippen molar-refractivity contribution in [2.45, 2.75) is 38.2 Å². The molecule has 1 heterocycles. The predicted octanol–water partition coefficient (Wildman–Crippen LogP) is 1.87. The van der Waals surface area contributed by atoms with Crippen molar-refractivity contribution in [2.75, 3.05) is 18.5 Å². The molecule has 3 N–H and O–H groups in total. The Kier molecular flexibility index (Phi) is 5.47. The molecule has 1 saturated carbocycles. The van der Waals surface area contributed by atoms with Crippen LogP contribution in [0, 0.1) is 0 Å². The molecule has 0 radical (unpaired) electrons. The van der Waals surface area contributed by atoms with E-state index in [1.807, 2.05) is 0 Å². The summed E-state index contributed by atoms with van der Waals surface area (Å²) in [6, 6.07) is 1.76. The van der Waals surface area contributed by atoms with E-state index in [-0.39, 0.29) is 0 Å². The standard InChI is InChI=1S/C13H20N4OS/c14-12(19)11-6-7-16-17-13(11)15-8-9-18-10-4-2-1-3-5-10/h6-7,10H,1-5,8-9H2,(H2,14,19)(H,15,17). The summed E-state index contributed by atoms with van der Waals surface area (Å²) < 4.78 is 5.83. The van der Waals surface area contributed by atoms with Gasteiger partial charge in [0.2, 0.25) is 0 Å². The number of thiocarbonyl (C=S) groups is 1. The average Bonchev–Trinajstić information content (AvgIpc) is 2.45. The van der Waals surface area contributed by atoms with Crippen LogP contribution in [0.4, 0.5) is 5.82 Å². The van der Waals surface area contributed by atoms with Gasteiger partial charge in [0.05, 0.1) is 24.5 Å². The summed E-state index contributed by atoms with van der Waals surface area (Å²) in [5, 5.41) is 11.0. The number of rotatable bonds is 6. The zero-order valence-electron chi connectivity index (χ0n) is 11.0. The highest BCUT2D eigenvalue weighted by atomic mass is 32.1. The minimum Gasteiger partial charge on any atom is -0.389 e. The quantitative estimate of drug-likeness (QED) is 0.612. The number of aromatic nitrogens is 2. The largest absolute Gasteiger partial charge is 0.389 e. The zero-order valence-corrected chi connectivity index (χ0v) is 11.8. The fourth-order valence-electron chi connectivity index (χ4n) is 2.29. The molecule has 1 aromatic rings. The van der Waals surface area contributed by atoms with Gasteiger partial charge in [-0.2, -0.15) is 5.10 Å². The first-order chi connectivity index (χ1) is 9.27. The number of hydrogen-bond donors (Lipinski definition) is 2. The summed E-state index contributed by atoms with van der Waals surface area (Å²) in [6.07, 6.45) is 8.29. The van der Waals surface area contributed by atoms with Crippen LogP contribution in [0.1, 0.15) is 37.7 Å². The van der Waals surface area contributed by atoms with Crippen LogP contribution in [0.15, 0.2) is 12.3 Å². The van der Waals surface area contributed by atoms with Gasteiger partial charge < -0.3 is 15.8 Å². The van der Waals surface area contributed by atoms with Gasteiger partial charge >= 0.3 is 0 Å². The molecule has 0 unspecified atom stereocenters. The fourth-order valence-corrected chi connectivity index (χ4v) is 2.45. The predicted molar refractivity (Wildman–Crippen MR) is 79.2 cm³/mol. The lowest BCUT2D eigenvalue weighted by Crippen LogP contribution is -2.22. The van der Waals surface area contributed by atoms with Gasteiger partial charge in [-0.25, -0.2) is 0 Å². The maximum atomic E-state index is 5.83. The molecule has 19 heavy (non-hydrogen) atoms. The lowest BCUT2D eigenvalue weighted by Gasteiger charge is -2.22. The lowest BCUT2D eigenvalue weighted by atomic mass is 9.98. The highest BCUT2D eigenvalue weighted by Crippen LogP contribution is 2.20. The third-order valence-corrected chi connectivity index (χ3v) is 3.51. The number of nitrogens with one attached hydrogen (secondary N) is 1. The van der Waals surface area contributed by atoms with Gasteiger partial charge in [-0.3, -0.25) is 0 Å². The molecular formula is C13H20N4OS. The average molecular weight is 280 g/mol. The van der Waals surface area contributed by atoms with Crippen LogP contribution in [-0.2, 0) is 4.74 Å². The van der Waals surface area contributed by atoms with E-state index in [1.54, 1.807) is 12.3 Å². The maximum Gasteiger partial charge on any atom is 0.159 e. The number of ether oxygens (including phenoxy) is 1. The van der Waals surface area contributed by atoms with Crippen LogP contribution < -0.4 is 11.1 Å². The van der Waals surface area contributed by atoms with E-state index in [2.05, 4.69) is 15.5 Å². The first-order valence-electron chi connectivity index (χ1n) is 6.74. The Hall–Kier alpha value is -1.27. The fraction of sp³-hybridized carbons (Fsp3) is 0.615. The molecule has 0 aromatic carbocycles. The summed E-state index contributed by atoms with van der Waals surface area (Å²) in [4.78, 5) is 0.325. The molecule has 5 nitrogen and oxygen atoms in total. The van der Waals surface area contributed by atoms with E-state index in [9.17, 15) is 0 Å². The van der Waals surface area contributed by atoms with Crippen molar-refractivity contribution in [1.29, 1.82) is 0 Å². The third kappa shape index (κ3) is 4.40. The van der Waals surface area contributed by atoms with Crippen LogP contribution in [0.5, 0.6) is 0 Å². The van der Waals surface area contributed by atoms with Crippen molar-refractivity contribution in [2.24, 2.45) is 5.73 Å². The molecule has 0 amide bonds. The van der Waals surface area contributed by atoms with E-state index in [0.29, 0.717) is 30.1 Å². The summed E-state index contributed by atoms with van der Waals surface area (Å²) >= 11 is 4.97. The molecule has 1 aliphatic carbocycles. The van der Waals surface area contributed by atoms with Crippen molar-refractivity contribution >= 4 is 23.0 Å². The summed E-state index contributed by atoms with van der Waals surface area (Å²) in [5.74, 6) is 0.627. The Morgan fingerprint density at radius 1 is 1.42 bits per heavy atom. The van der Waals surface area contributed by atoms with Crippen molar-refractivity contribution in [3.8, 4) is 0 Å². The molecule has 1 fully saturated rings. The summed E-state index contributed by atoms with van der Waals surface area (Å²) in [6.45, 7) is 1.35. The van der Waals surface area contributed by atoms with E-state index in [4.69, 9.17) is 22.7 Å². The van der Waals surface area contributed by atoms with Crippen LogP contribution >= 0.6 is 12.2 Å². The highest BCUT2D eigenvalue weighted by Gasteiger charge is 2.13. The second-order valence-corrected chi connectivity index (χ2v) is 5.16. The number of nitrogens with zero attached hydrogens (tertiary/aromatic N) is 2. The molecule has 0 bridgehead atoms. The van der Waals surface area contributed by atoms with Crippen LogP contribution in [-0.4, -0.2) is 34.4 Å². The molecule has 0 atom stereocenters. The Bertz CT molecular complexity index is 421. The number of nitrogens with two attached hydrogens (primary N) is 1. The topological polar surface area (TPSA) is 73.1 Å². The first-order valence-corrected chi connectivity index (χ1v) is 7.15. The van der Waals surface area contributed by atoms with E-state index < -0.39 is 0 Å². The molecule has 0 aliphatic heterocycles. The third-order valence-electron chi connectivity index (χ3n) is 3.29. The van der Waals surface area contributed by atoms with Crippen molar-refractivity contribution < 1.29 is 4.74 Å². The van der Waals surface area contributed by atoms with Gasteiger partial charge in [0, 0.05) is 6.54 Å². The van der Waals surface area contributed by atoms with E-state index >= 15 is 0 Å². The minimum absolute atomic E-state index is 0.325. The lowest BCUT2D eigenvalue weighted by molar-refractivity contribution is 0.0347. The molecule has 1 aliphatic rings. The monoisotopic (exact) mass is 280 g/mol. The molecule has 1 aromatic heterocycles. The smallest absolute Gasteiger partial charge is 0.159 e. The van der Waals surface area contributed by atoms with Gasteiger partial charge in [-0.1, -0.05) is 31.5 Å². The first kappa shape index (κ1) is 14.1. The van der Waals surface area contributed by atoms with Gasteiger partial charge in [0.1, 0.15) is 4.99 Å². The van der Waals surface area contributed by atoms with Gasteiger partial charge in [-0.15, -0.1) is 5.10 Å². The molecule has 2 rings (SSSR count). The number of hydrogen-bond acceptors (Lipinski definition) is 5. The Labute approximate surface area is 118 Å². The van der Waals surface area contributed by atoms with Gasteiger partial charge in [-0.05, 0) is 18.9 Å². The molecule has 0 saturated heterocycles. The SMILES string of the molecule is NC(=S)c1ccnnc1NCCOC1CCCCC1. The molecule has 6 heteroatoms. The zero-order chi connectivity index (χ0) is 13.5. The van der Waals surface area contributed by atoms with Gasteiger partial charge in [0.15, 0.2) is 5.82 Å². The van der Waals surface area contributed by atoms with Crippen LogP contribution in [0.25, 0.3) is 0 Å². The Balaban J connectivity index is 1.74. The highest BCUT2D eigenvalue weighted by molar-refractivity contribution is 7.80. The van der Waals surface area contributed by atoms with Crippen LogP contribution in [0.3, 0.4) is 0 Å². The van der Waals surface area contributed by atoms with Crippen molar-refractivity contribution in [3.63, 3.8) is 0 Å². The second-order valence-electron chi connectivity index (χ2n) is 4.72. The maximum absolute atomic E-state index is 5.83. The molecule has 104 valence electrons. The van der Waals surface area contributed by atoms with Crippen molar-refractivity contribution in [3.05, 3.63) is 17.8 Å². The summed E-state index contributed by atoms with van der Waals surface area (Å²) in [7, 11) is 0. The van der Waals surface area contributed by atoms with Crippen LogP contribution in [0.2, 0.25) is 0 Å².